The summed E-state index contributed by atoms with van der Waals surface area (Å²) in [4.78, 5) is 4.34. The van der Waals surface area contributed by atoms with Gasteiger partial charge in [0.2, 0.25) is 0 Å². The van der Waals surface area contributed by atoms with Gasteiger partial charge in [0.25, 0.3) is 0 Å². The van der Waals surface area contributed by atoms with Crippen molar-refractivity contribution in [2.24, 2.45) is 5.92 Å². The SMILES string of the molecule is CCC(C)CC(C)Nc1ccc(C)cn1. The lowest BCUT2D eigenvalue weighted by molar-refractivity contribution is 0.483. The van der Waals surface area contributed by atoms with Gasteiger partial charge in [0, 0.05) is 12.2 Å². The van der Waals surface area contributed by atoms with E-state index in [1.807, 2.05) is 12.3 Å². The summed E-state index contributed by atoms with van der Waals surface area (Å²) in [7, 11) is 0. The summed E-state index contributed by atoms with van der Waals surface area (Å²) < 4.78 is 0. The first-order valence-corrected chi connectivity index (χ1v) is 5.81. The van der Waals surface area contributed by atoms with E-state index in [0.29, 0.717) is 6.04 Å². The zero-order valence-corrected chi connectivity index (χ0v) is 10.2. The van der Waals surface area contributed by atoms with Crippen LogP contribution in [-0.4, -0.2) is 11.0 Å². The van der Waals surface area contributed by atoms with E-state index in [4.69, 9.17) is 0 Å². The van der Waals surface area contributed by atoms with Gasteiger partial charge in [0.1, 0.15) is 5.82 Å². The third-order valence-electron chi connectivity index (χ3n) is 2.76. The molecule has 1 aromatic heterocycles. The quantitative estimate of drug-likeness (QED) is 0.795. The maximum atomic E-state index is 4.34. The van der Waals surface area contributed by atoms with E-state index in [-0.39, 0.29) is 0 Å². The van der Waals surface area contributed by atoms with Crippen molar-refractivity contribution < 1.29 is 0 Å². The fourth-order valence-electron chi connectivity index (χ4n) is 1.63. The zero-order chi connectivity index (χ0) is 11.3. The van der Waals surface area contributed by atoms with Crippen LogP contribution in [-0.2, 0) is 0 Å². The summed E-state index contributed by atoms with van der Waals surface area (Å²) in [5.74, 6) is 1.76. The average molecular weight is 206 g/mol. The van der Waals surface area contributed by atoms with E-state index in [1.165, 1.54) is 18.4 Å². The largest absolute Gasteiger partial charge is 0.368 e. The van der Waals surface area contributed by atoms with Gasteiger partial charge in [0.05, 0.1) is 0 Å². The monoisotopic (exact) mass is 206 g/mol. The molecule has 0 aliphatic carbocycles. The summed E-state index contributed by atoms with van der Waals surface area (Å²) in [6, 6.07) is 4.63. The molecule has 0 fully saturated rings. The Morgan fingerprint density at radius 2 is 2.07 bits per heavy atom. The van der Waals surface area contributed by atoms with Gasteiger partial charge in [-0.15, -0.1) is 0 Å². The Balaban J connectivity index is 2.44. The molecule has 0 bridgehead atoms. The Hall–Kier alpha value is -1.05. The maximum absolute atomic E-state index is 4.34. The molecule has 0 amide bonds. The van der Waals surface area contributed by atoms with Gasteiger partial charge in [-0.3, -0.25) is 0 Å². The van der Waals surface area contributed by atoms with Crippen LogP contribution in [0.15, 0.2) is 18.3 Å². The molecule has 2 atom stereocenters. The van der Waals surface area contributed by atoms with Gasteiger partial charge in [0.15, 0.2) is 0 Å². The normalized spacial score (nSPS) is 14.7. The Morgan fingerprint density at radius 1 is 1.33 bits per heavy atom. The van der Waals surface area contributed by atoms with Crippen molar-refractivity contribution in [3.05, 3.63) is 23.9 Å². The summed E-state index contributed by atoms with van der Waals surface area (Å²) in [6.45, 7) is 8.80. The Bertz CT molecular complexity index is 279. The predicted molar refractivity (Wildman–Crippen MR) is 66.1 cm³/mol. The van der Waals surface area contributed by atoms with Crippen LogP contribution in [0.4, 0.5) is 5.82 Å². The molecule has 2 heteroatoms. The number of hydrogen-bond acceptors (Lipinski definition) is 2. The number of nitrogens with zero attached hydrogens (tertiary/aromatic N) is 1. The lowest BCUT2D eigenvalue weighted by atomic mass is 10.0. The highest BCUT2D eigenvalue weighted by Crippen LogP contribution is 2.13. The van der Waals surface area contributed by atoms with Crippen molar-refractivity contribution in [1.29, 1.82) is 0 Å². The molecule has 2 nitrogen and oxygen atoms in total. The molecule has 0 saturated heterocycles. The number of nitrogens with one attached hydrogen (secondary N) is 1. The third kappa shape index (κ3) is 4.32. The highest BCUT2D eigenvalue weighted by molar-refractivity contribution is 5.36. The van der Waals surface area contributed by atoms with E-state index in [9.17, 15) is 0 Å². The molecule has 0 aromatic carbocycles. The number of pyridine rings is 1. The topological polar surface area (TPSA) is 24.9 Å². The molecule has 0 saturated carbocycles. The Labute approximate surface area is 93.1 Å². The van der Waals surface area contributed by atoms with Crippen LogP contribution < -0.4 is 5.32 Å². The van der Waals surface area contributed by atoms with Gasteiger partial charge in [-0.05, 0) is 37.8 Å². The lowest BCUT2D eigenvalue weighted by Crippen LogP contribution is -2.18. The molecule has 1 rings (SSSR count). The van der Waals surface area contributed by atoms with Crippen LogP contribution in [0.25, 0.3) is 0 Å². The molecule has 84 valence electrons. The Morgan fingerprint density at radius 3 is 2.60 bits per heavy atom. The third-order valence-corrected chi connectivity index (χ3v) is 2.76. The van der Waals surface area contributed by atoms with Crippen LogP contribution in [0.1, 0.15) is 39.2 Å². The Kier molecular flexibility index (Phi) is 4.60. The van der Waals surface area contributed by atoms with Crippen molar-refractivity contribution in [3.8, 4) is 0 Å². The van der Waals surface area contributed by atoms with Crippen molar-refractivity contribution >= 4 is 5.82 Å². The molecule has 1 heterocycles. The molecular weight excluding hydrogens is 184 g/mol. The second-order valence-electron chi connectivity index (χ2n) is 4.52. The number of aryl methyl sites for hydroxylation is 1. The number of aromatic nitrogens is 1. The van der Waals surface area contributed by atoms with Crippen LogP contribution in [0, 0.1) is 12.8 Å². The standard InChI is InChI=1S/C13H22N2/c1-5-10(2)8-12(4)15-13-7-6-11(3)9-14-13/h6-7,9-10,12H,5,8H2,1-4H3,(H,14,15). The molecule has 0 spiro atoms. The van der Waals surface area contributed by atoms with E-state index in [2.05, 4.69) is 44.1 Å². The smallest absolute Gasteiger partial charge is 0.126 e. The fourth-order valence-corrected chi connectivity index (χ4v) is 1.63. The lowest BCUT2D eigenvalue weighted by Gasteiger charge is -2.17. The molecule has 15 heavy (non-hydrogen) atoms. The molecule has 2 unspecified atom stereocenters. The summed E-state index contributed by atoms with van der Waals surface area (Å²) in [6.07, 6.45) is 4.34. The van der Waals surface area contributed by atoms with Crippen molar-refractivity contribution in [1.82, 2.24) is 4.98 Å². The van der Waals surface area contributed by atoms with Crippen LogP contribution in [0.5, 0.6) is 0 Å². The van der Waals surface area contributed by atoms with E-state index in [1.54, 1.807) is 0 Å². The predicted octanol–water partition coefficient (Wildman–Crippen LogP) is 3.63. The number of hydrogen-bond donors (Lipinski definition) is 1. The van der Waals surface area contributed by atoms with Crippen molar-refractivity contribution in [3.63, 3.8) is 0 Å². The molecule has 0 aliphatic heterocycles. The molecule has 0 aliphatic rings. The minimum Gasteiger partial charge on any atom is -0.368 e. The van der Waals surface area contributed by atoms with Gasteiger partial charge in [-0.2, -0.15) is 0 Å². The van der Waals surface area contributed by atoms with E-state index >= 15 is 0 Å². The van der Waals surface area contributed by atoms with E-state index < -0.39 is 0 Å². The van der Waals surface area contributed by atoms with Gasteiger partial charge in [-0.25, -0.2) is 4.98 Å². The second-order valence-corrected chi connectivity index (χ2v) is 4.52. The first kappa shape index (κ1) is 12.0. The molecule has 1 N–H and O–H groups in total. The van der Waals surface area contributed by atoms with Gasteiger partial charge >= 0.3 is 0 Å². The fraction of sp³-hybridized carbons (Fsp3) is 0.615. The summed E-state index contributed by atoms with van der Waals surface area (Å²) in [5, 5.41) is 3.42. The zero-order valence-electron chi connectivity index (χ0n) is 10.2. The van der Waals surface area contributed by atoms with Crippen LogP contribution >= 0.6 is 0 Å². The first-order chi connectivity index (χ1) is 7.11. The maximum Gasteiger partial charge on any atom is 0.126 e. The second kappa shape index (κ2) is 5.74. The average Bonchev–Trinajstić information content (AvgIpc) is 2.21. The molecular formula is C13H22N2. The number of rotatable bonds is 5. The summed E-state index contributed by atoms with van der Waals surface area (Å²) in [5.41, 5.74) is 1.20. The van der Waals surface area contributed by atoms with Crippen molar-refractivity contribution in [2.75, 3.05) is 5.32 Å². The van der Waals surface area contributed by atoms with Crippen LogP contribution in [0.3, 0.4) is 0 Å². The highest BCUT2D eigenvalue weighted by atomic mass is 15.0. The minimum absolute atomic E-state index is 0.496. The minimum atomic E-state index is 0.496. The highest BCUT2D eigenvalue weighted by Gasteiger charge is 2.07. The molecule has 1 aromatic rings. The first-order valence-electron chi connectivity index (χ1n) is 5.81. The van der Waals surface area contributed by atoms with Gasteiger partial charge < -0.3 is 5.32 Å². The molecule has 0 radical (unpaired) electrons. The van der Waals surface area contributed by atoms with Crippen molar-refractivity contribution in [2.45, 2.75) is 46.6 Å². The van der Waals surface area contributed by atoms with E-state index in [0.717, 1.165) is 11.7 Å². The van der Waals surface area contributed by atoms with Crippen LogP contribution in [0.2, 0.25) is 0 Å². The van der Waals surface area contributed by atoms with Gasteiger partial charge in [-0.1, -0.05) is 26.3 Å². The number of anilines is 1. The summed E-state index contributed by atoms with van der Waals surface area (Å²) >= 11 is 0.